The van der Waals surface area contributed by atoms with Gasteiger partial charge in [-0.15, -0.1) is 0 Å². The third kappa shape index (κ3) is 6.78. The molecule has 0 spiro atoms. The van der Waals surface area contributed by atoms with Crippen LogP contribution >= 0.6 is 11.6 Å². The number of rotatable bonds is 8. The van der Waals surface area contributed by atoms with Crippen LogP contribution in [-0.2, 0) is 4.79 Å². The van der Waals surface area contributed by atoms with Crippen molar-refractivity contribution in [3.63, 3.8) is 0 Å². The van der Waals surface area contributed by atoms with Gasteiger partial charge in [-0.3, -0.25) is 15.1 Å². The maximum atomic E-state index is 12.0. The molecule has 10 heteroatoms. The molecule has 24 heavy (non-hydrogen) atoms. The van der Waals surface area contributed by atoms with E-state index in [0.717, 1.165) is 25.7 Å². The highest BCUT2D eigenvalue weighted by Gasteiger charge is 2.16. The Morgan fingerprint density at radius 3 is 2.46 bits per heavy atom. The lowest BCUT2D eigenvalue weighted by atomic mass is 10.1. The molecule has 0 aliphatic rings. The van der Waals surface area contributed by atoms with E-state index in [1.807, 2.05) is 0 Å². The van der Waals surface area contributed by atoms with Crippen molar-refractivity contribution in [2.24, 2.45) is 10.7 Å². The number of nitrogens with two attached hydrogens (primary N) is 3. The Morgan fingerprint density at radius 1 is 1.12 bits per heavy atom. The molecule has 0 saturated carbocycles. The number of amides is 1. The number of hydrogen-bond donors (Lipinski definition) is 4. The normalized spacial score (nSPS) is 11.3. The fourth-order valence-corrected chi connectivity index (χ4v) is 1.99. The molecule has 0 bridgehead atoms. The predicted octanol–water partition coefficient (Wildman–Crippen LogP) is 0.878. The summed E-state index contributed by atoms with van der Waals surface area (Å²) in [5.74, 6) is -0.711. The van der Waals surface area contributed by atoms with E-state index in [-0.39, 0.29) is 34.2 Å². The van der Waals surface area contributed by atoms with Crippen molar-refractivity contribution in [1.82, 2.24) is 15.3 Å². The molecule has 0 aromatic carbocycles. The minimum Gasteiger partial charge on any atom is -0.382 e. The van der Waals surface area contributed by atoms with Gasteiger partial charge in [0.1, 0.15) is 5.78 Å². The molecule has 0 saturated heterocycles. The number of nitrogen functional groups attached to an aromatic ring is 2. The first-order chi connectivity index (χ1) is 11.3. The van der Waals surface area contributed by atoms with E-state index in [1.165, 1.54) is 0 Å². The van der Waals surface area contributed by atoms with Gasteiger partial charge in [0.15, 0.2) is 28.4 Å². The monoisotopic (exact) mass is 355 g/mol. The fraction of sp³-hybridized carbons (Fsp3) is 0.500. The Bertz CT molecular complexity index is 634. The number of carbonyl (C=O) groups excluding carboxylic acids is 2. The number of unbranched alkanes of at least 4 members (excludes halogenated alkanes) is 3. The smallest absolute Gasteiger partial charge is 0.280 e. The van der Waals surface area contributed by atoms with E-state index in [0.29, 0.717) is 13.0 Å². The Hall–Kier alpha value is -2.42. The summed E-state index contributed by atoms with van der Waals surface area (Å²) in [6.07, 6.45) is 4.18. The van der Waals surface area contributed by atoms with Crippen LogP contribution in [0.3, 0.4) is 0 Å². The lowest BCUT2D eigenvalue weighted by Crippen LogP contribution is -2.38. The van der Waals surface area contributed by atoms with Gasteiger partial charge in [0.25, 0.3) is 5.91 Å². The Kier molecular flexibility index (Phi) is 7.90. The topological polar surface area (TPSA) is 162 Å². The van der Waals surface area contributed by atoms with Crippen LogP contribution in [0.4, 0.5) is 11.6 Å². The summed E-state index contributed by atoms with van der Waals surface area (Å²) in [6, 6.07) is 0. The van der Waals surface area contributed by atoms with Crippen LogP contribution in [0.15, 0.2) is 4.99 Å². The van der Waals surface area contributed by atoms with Gasteiger partial charge in [-0.25, -0.2) is 9.97 Å². The van der Waals surface area contributed by atoms with Crippen LogP contribution in [0.1, 0.15) is 49.5 Å². The van der Waals surface area contributed by atoms with Gasteiger partial charge in [-0.2, -0.15) is 0 Å². The molecule has 1 rings (SSSR count). The summed E-state index contributed by atoms with van der Waals surface area (Å²) in [6.45, 7) is 2.05. The second-order valence-corrected chi connectivity index (χ2v) is 5.58. The third-order valence-electron chi connectivity index (χ3n) is 3.08. The molecule has 9 nitrogen and oxygen atoms in total. The molecule has 0 unspecified atom stereocenters. The SMILES string of the molecule is CC(=O)CCCCCCN=C(N)NC(=O)c1nc(Cl)c(N)nc1N. The summed E-state index contributed by atoms with van der Waals surface area (Å²) in [4.78, 5) is 34.3. The van der Waals surface area contributed by atoms with Gasteiger partial charge in [0, 0.05) is 13.0 Å². The quantitative estimate of drug-likeness (QED) is 0.305. The van der Waals surface area contributed by atoms with Gasteiger partial charge in [-0.1, -0.05) is 24.4 Å². The van der Waals surface area contributed by atoms with Crippen molar-refractivity contribution < 1.29 is 9.59 Å². The van der Waals surface area contributed by atoms with Crippen molar-refractivity contribution >= 4 is 40.9 Å². The van der Waals surface area contributed by atoms with E-state index in [9.17, 15) is 9.59 Å². The van der Waals surface area contributed by atoms with Crippen LogP contribution in [0.2, 0.25) is 5.15 Å². The molecule has 1 aromatic rings. The Balaban J connectivity index is 2.41. The van der Waals surface area contributed by atoms with Crippen molar-refractivity contribution in [2.45, 2.75) is 39.0 Å². The van der Waals surface area contributed by atoms with E-state index in [1.54, 1.807) is 6.92 Å². The zero-order valence-electron chi connectivity index (χ0n) is 13.5. The number of anilines is 2. The van der Waals surface area contributed by atoms with Crippen LogP contribution in [0, 0.1) is 0 Å². The van der Waals surface area contributed by atoms with Gasteiger partial charge >= 0.3 is 0 Å². The number of halogens is 1. The number of nitrogens with zero attached hydrogens (tertiary/aromatic N) is 3. The minimum atomic E-state index is -0.662. The zero-order valence-corrected chi connectivity index (χ0v) is 14.3. The molecule has 7 N–H and O–H groups in total. The van der Waals surface area contributed by atoms with E-state index >= 15 is 0 Å². The molecule has 0 atom stereocenters. The number of ketones is 1. The van der Waals surface area contributed by atoms with Crippen molar-refractivity contribution in [2.75, 3.05) is 18.0 Å². The molecule has 0 radical (unpaired) electrons. The van der Waals surface area contributed by atoms with Crippen LogP contribution < -0.4 is 22.5 Å². The lowest BCUT2D eigenvalue weighted by Gasteiger charge is -2.07. The number of Topliss-reactive ketones (excluding diaryl/α,β-unsaturated/α-hetero) is 1. The van der Waals surface area contributed by atoms with Crippen LogP contribution in [0.25, 0.3) is 0 Å². The number of nitrogens with one attached hydrogen (secondary N) is 1. The maximum absolute atomic E-state index is 12.0. The maximum Gasteiger partial charge on any atom is 0.280 e. The van der Waals surface area contributed by atoms with E-state index in [2.05, 4.69) is 20.3 Å². The second-order valence-electron chi connectivity index (χ2n) is 5.22. The first-order valence-corrected chi connectivity index (χ1v) is 7.88. The second kappa shape index (κ2) is 9.66. The van der Waals surface area contributed by atoms with E-state index < -0.39 is 5.91 Å². The largest absolute Gasteiger partial charge is 0.382 e. The van der Waals surface area contributed by atoms with Crippen molar-refractivity contribution in [1.29, 1.82) is 0 Å². The highest BCUT2D eigenvalue weighted by molar-refractivity contribution is 6.31. The van der Waals surface area contributed by atoms with Crippen LogP contribution in [0.5, 0.6) is 0 Å². The third-order valence-corrected chi connectivity index (χ3v) is 3.36. The van der Waals surface area contributed by atoms with Crippen molar-refractivity contribution in [3.8, 4) is 0 Å². The summed E-state index contributed by atoms with van der Waals surface area (Å²) in [7, 11) is 0. The molecule has 1 aromatic heterocycles. The van der Waals surface area contributed by atoms with Crippen LogP contribution in [-0.4, -0.2) is 34.2 Å². The number of carbonyl (C=O) groups is 2. The van der Waals surface area contributed by atoms with Gasteiger partial charge in [-0.05, 0) is 19.8 Å². The molecule has 1 amide bonds. The van der Waals surface area contributed by atoms with Crippen molar-refractivity contribution in [3.05, 3.63) is 10.8 Å². The van der Waals surface area contributed by atoms with E-state index in [4.69, 9.17) is 28.8 Å². The molecular weight excluding hydrogens is 334 g/mol. The number of aliphatic imine (C=N–C) groups is 1. The standard InChI is InChI=1S/C14H22ClN7O2/c1-8(23)6-4-2-3-5-7-19-14(18)22-13(24)9-11(16)21-12(17)10(15)20-9/h2-7H2,1H3,(H4,16,17,21)(H3,18,19,22,24). The highest BCUT2D eigenvalue weighted by Crippen LogP contribution is 2.17. The Morgan fingerprint density at radius 2 is 1.79 bits per heavy atom. The minimum absolute atomic E-state index is 0.0436. The zero-order chi connectivity index (χ0) is 18.1. The lowest BCUT2D eigenvalue weighted by molar-refractivity contribution is -0.117. The average Bonchev–Trinajstić information content (AvgIpc) is 2.49. The fourth-order valence-electron chi connectivity index (χ4n) is 1.86. The summed E-state index contributed by atoms with van der Waals surface area (Å²) in [5.41, 5.74) is 16.5. The molecule has 0 aliphatic heterocycles. The highest BCUT2D eigenvalue weighted by atomic mass is 35.5. The number of guanidine groups is 1. The molecule has 0 aliphatic carbocycles. The summed E-state index contributed by atoms with van der Waals surface area (Å²) < 4.78 is 0. The molecule has 132 valence electrons. The molecule has 0 fully saturated rings. The summed E-state index contributed by atoms with van der Waals surface area (Å²) >= 11 is 5.71. The Labute approximate surface area is 145 Å². The first-order valence-electron chi connectivity index (χ1n) is 7.50. The van der Waals surface area contributed by atoms with Gasteiger partial charge in [0.2, 0.25) is 0 Å². The molecular formula is C14H22ClN7O2. The predicted molar refractivity (Wildman–Crippen MR) is 93.6 cm³/mol. The van der Waals surface area contributed by atoms with Gasteiger partial charge in [0.05, 0.1) is 0 Å². The number of hydrogen-bond acceptors (Lipinski definition) is 7. The summed E-state index contributed by atoms with van der Waals surface area (Å²) in [5, 5.41) is 2.25. The van der Waals surface area contributed by atoms with Gasteiger partial charge < -0.3 is 22.0 Å². The number of aromatic nitrogens is 2. The first kappa shape index (κ1) is 19.6. The average molecular weight is 356 g/mol. The molecule has 1 heterocycles.